The van der Waals surface area contributed by atoms with Gasteiger partial charge in [-0.2, -0.15) is 0 Å². The Balaban J connectivity index is 1.72. The second-order valence-electron chi connectivity index (χ2n) is 4.79. The average molecular weight is 317 g/mol. The van der Waals surface area contributed by atoms with E-state index in [-0.39, 0.29) is 18.4 Å². The molecule has 0 aliphatic carbocycles. The van der Waals surface area contributed by atoms with E-state index in [1.807, 2.05) is 30.3 Å². The van der Waals surface area contributed by atoms with Gasteiger partial charge in [0.1, 0.15) is 0 Å². The van der Waals surface area contributed by atoms with Crippen LogP contribution in [0.3, 0.4) is 0 Å². The SMILES string of the molecule is O=C(CCc1ccccc1)NCC(=O)Nc1ccccc1Cl. The van der Waals surface area contributed by atoms with E-state index < -0.39 is 0 Å². The van der Waals surface area contributed by atoms with Crippen molar-refractivity contribution in [3.05, 3.63) is 65.2 Å². The first-order valence-electron chi connectivity index (χ1n) is 7.00. The molecule has 0 radical (unpaired) electrons. The molecule has 0 saturated carbocycles. The van der Waals surface area contributed by atoms with Gasteiger partial charge in [0, 0.05) is 6.42 Å². The highest BCUT2D eigenvalue weighted by Gasteiger charge is 2.07. The monoisotopic (exact) mass is 316 g/mol. The van der Waals surface area contributed by atoms with Crippen molar-refractivity contribution in [2.45, 2.75) is 12.8 Å². The van der Waals surface area contributed by atoms with Crippen LogP contribution in [-0.2, 0) is 16.0 Å². The van der Waals surface area contributed by atoms with Gasteiger partial charge in [-0.3, -0.25) is 9.59 Å². The van der Waals surface area contributed by atoms with Crippen molar-refractivity contribution in [3.8, 4) is 0 Å². The summed E-state index contributed by atoms with van der Waals surface area (Å²) in [6, 6.07) is 16.7. The topological polar surface area (TPSA) is 58.2 Å². The standard InChI is InChI=1S/C17H17ClN2O2/c18-14-8-4-5-9-15(14)20-17(22)12-19-16(21)11-10-13-6-2-1-3-7-13/h1-9H,10-12H2,(H,19,21)(H,20,22). The van der Waals surface area contributed by atoms with E-state index in [4.69, 9.17) is 11.6 Å². The van der Waals surface area contributed by atoms with Crippen LogP contribution in [0.1, 0.15) is 12.0 Å². The van der Waals surface area contributed by atoms with Gasteiger partial charge in [-0.15, -0.1) is 0 Å². The molecular weight excluding hydrogens is 300 g/mol. The zero-order chi connectivity index (χ0) is 15.8. The fourth-order valence-electron chi connectivity index (χ4n) is 1.93. The predicted octanol–water partition coefficient (Wildman–Crippen LogP) is 3.03. The number of aryl methyl sites for hydroxylation is 1. The van der Waals surface area contributed by atoms with Crippen molar-refractivity contribution in [3.63, 3.8) is 0 Å². The highest BCUT2D eigenvalue weighted by molar-refractivity contribution is 6.33. The number of benzene rings is 2. The van der Waals surface area contributed by atoms with Gasteiger partial charge in [0.15, 0.2) is 0 Å². The van der Waals surface area contributed by atoms with E-state index in [1.165, 1.54) is 0 Å². The van der Waals surface area contributed by atoms with Crippen molar-refractivity contribution in [1.82, 2.24) is 5.32 Å². The maximum Gasteiger partial charge on any atom is 0.243 e. The second kappa shape index (κ2) is 8.20. The van der Waals surface area contributed by atoms with Crippen LogP contribution >= 0.6 is 11.6 Å². The molecule has 0 fully saturated rings. The first kappa shape index (κ1) is 16.0. The van der Waals surface area contributed by atoms with Crippen LogP contribution in [0.2, 0.25) is 5.02 Å². The molecule has 0 saturated heterocycles. The molecule has 2 aromatic carbocycles. The number of para-hydroxylation sites is 1. The van der Waals surface area contributed by atoms with Gasteiger partial charge < -0.3 is 10.6 Å². The molecule has 0 unspecified atom stereocenters. The average Bonchev–Trinajstić information content (AvgIpc) is 2.54. The largest absolute Gasteiger partial charge is 0.347 e. The van der Waals surface area contributed by atoms with Gasteiger partial charge in [0.25, 0.3) is 0 Å². The van der Waals surface area contributed by atoms with Crippen molar-refractivity contribution in [2.75, 3.05) is 11.9 Å². The third-order valence-corrected chi connectivity index (χ3v) is 3.41. The predicted molar refractivity (Wildman–Crippen MR) is 87.9 cm³/mol. The second-order valence-corrected chi connectivity index (χ2v) is 5.20. The van der Waals surface area contributed by atoms with Gasteiger partial charge in [-0.05, 0) is 24.1 Å². The molecular formula is C17H17ClN2O2. The number of anilines is 1. The molecule has 2 aromatic rings. The van der Waals surface area contributed by atoms with Crippen molar-refractivity contribution in [2.24, 2.45) is 0 Å². The number of rotatable bonds is 6. The number of carbonyl (C=O) groups is 2. The number of hydrogen-bond acceptors (Lipinski definition) is 2. The van der Waals surface area contributed by atoms with E-state index in [2.05, 4.69) is 10.6 Å². The number of hydrogen-bond donors (Lipinski definition) is 2. The third-order valence-electron chi connectivity index (χ3n) is 3.08. The smallest absolute Gasteiger partial charge is 0.243 e. The highest BCUT2D eigenvalue weighted by atomic mass is 35.5. The van der Waals surface area contributed by atoms with Crippen LogP contribution in [-0.4, -0.2) is 18.4 Å². The number of amides is 2. The van der Waals surface area contributed by atoms with Gasteiger partial charge in [-0.25, -0.2) is 0 Å². The molecule has 22 heavy (non-hydrogen) atoms. The summed E-state index contributed by atoms with van der Waals surface area (Å²) in [4.78, 5) is 23.5. The minimum atomic E-state index is -0.304. The first-order valence-corrected chi connectivity index (χ1v) is 7.38. The molecule has 2 rings (SSSR count). The summed E-state index contributed by atoms with van der Waals surface area (Å²) < 4.78 is 0. The Morgan fingerprint density at radius 3 is 2.32 bits per heavy atom. The Morgan fingerprint density at radius 2 is 1.59 bits per heavy atom. The van der Waals surface area contributed by atoms with Crippen LogP contribution in [0.15, 0.2) is 54.6 Å². The Labute approximate surface area is 134 Å². The molecule has 0 atom stereocenters. The molecule has 5 heteroatoms. The van der Waals surface area contributed by atoms with Crippen LogP contribution in [0.5, 0.6) is 0 Å². The van der Waals surface area contributed by atoms with E-state index in [9.17, 15) is 9.59 Å². The lowest BCUT2D eigenvalue weighted by atomic mass is 10.1. The normalized spacial score (nSPS) is 10.0. The molecule has 0 aromatic heterocycles. The summed E-state index contributed by atoms with van der Waals surface area (Å²) in [7, 11) is 0. The first-order chi connectivity index (χ1) is 10.6. The molecule has 4 nitrogen and oxygen atoms in total. The minimum absolute atomic E-state index is 0.0706. The van der Waals surface area contributed by atoms with Gasteiger partial charge in [-0.1, -0.05) is 54.1 Å². The van der Waals surface area contributed by atoms with Crippen LogP contribution in [0, 0.1) is 0 Å². The lowest BCUT2D eigenvalue weighted by Crippen LogP contribution is -2.33. The Morgan fingerprint density at radius 1 is 0.909 bits per heavy atom. The van der Waals surface area contributed by atoms with E-state index in [0.29, 0.717) is 23.6 Å². The van der Waals surface area contributed by atoms with Crippen molar-refractivity contribution in [1.29, 1.82) is 0 Å². The zero-order valence-corrected chi connectivity index (χ0v) is 12.8. The zero-order valence-electron chi connectivity index (χ0n) is 12.0. The molecule has 114 valence electrons. The van der Waals surface area contributed by atoms with E-state index in [0.717, 1.165) is 5.56 Å². The molecule has 0 aliphatic heterocycles. The number of halogens is 1. The van der Waals surface area contributed by atoms with Gasteiger partial charge >= 0.3 is 0 Å². The summed E-state index contributed by atoms with van der Waals surface area (Å²) in [6.45, 7) is -0.0706. The van der Waals surface area contributed by atoms with Gasteiger partial charge in [0.2, 0.25) is 11.8 Å². The third kappa shape index (κ3) is 5.22. The summed E-state index contributed by atoms with van der Waals surface area (Å²) in [6.07, 6.45) is 1.00. The molecule has 0 aliphatic rings. The van der Waals surface area contributed by atoms with Crippen LogP contribution in [0.4, 0.5) is 5.69 Å². The van der Waals surface area contributed by atoms with Crippen molar-refractivity contribution < 1.29 is 9.59 Å². The van der Waals surface area contributed by atoms with Crippen molar-refractivity contribution >= 4 is 29.1 Å². The van der Waals surface area contributed by atoms with Gasteiger partial charge in [0.05, 0.1) is 17.3 Å². The Hall–Kier alpha value is -2.33. The summed E-state index contributed by atoms with van der Waals surface area (Å²) >= 11 is 5.95. The summed E-state index contributed by atoms with van der Waals surface area (Å²) in [5.74, 6) is -0.459. The van der Waals surface area contributed by atoms with Crippen LogP contribution in [0.25, 0.3) is 0 Å². The van der Waals surface area contributed by atoms with Crippen LogP contribution < -0.4 is 10.6 Å². The fraction of sp³-hybridized carbons (Fsp3) is 0.176. The summed E-state index contributed by atoms with van der Waals surface area (Å²) in [5, 5.41) is 5.72. The van der Waals surface area contributed by atoms with E-state index in [1.54, 1.807) is 24.3 Å². The molecule has 0 spiro atoms. The molecule has 2 N–H and O–H groups in total. The van der Waals surface area contributed by atoms with E-state index >= 15 is 0 Å². The Kier molecular flexibility index (Phi) is 5.98. The summed E-state index contributed by atoms with van der Waals surface area (Å²) in [5.41, 5.74) is 1.63. The lowest BCUT2D eigenvalue weighted by molar-refractivity contribution is -0.124. The number of carbonyl (C=O) groups excluding carboxylic acids is 2. The minimum Gasteiger partial charge on any atom is -0.347 e. The maximum absolute atomic E-state index is 11.8. The molecule has 0 bridgehead atoms. The highest BCUT2D eigenvalue weighted by Crippen LogP contribution is 2.19. The molecule has 0 heterocycles. The lowest BCUT2D eigenvalue weighted by Gasteiger charge is -2.08. The Bertz CT molecular complexity index is 644. The fourth-order valence-corrected chi connectivity index (χ4v) is 2.11. The number of nitrogens with one attached hydrogen (secondary N) is 2. The quantitative estimate of drug-likeness (QED) is 0.860. The maximum atomic E-state index is 11.8. The molecule has 2 amide bonds.